The van der Waals surface area contributed by atoms with E-state index >= 15 is 0 Å². The zero-order valence-electron chi connectivity index (χ0n) is 12.8. The van der Waals surface area contributed by atoms with Gasteiger partial charge < -0.3 is 0 Å². The van der Waals surface area contributed by atoms with Crippen LogP contribution in [0.3, 0.4) is 0 Å². The molecular formula is C20H14N2O2. The van der Waals surface area contributed by atoms with Gasteiger partial charge in [0.1, 0.15) is 6.54 Å². The lowest BCUT2D eigenvalue weighted by atomic mass is 9.55. The van der Waals surface area contributed by atoms with Crippen LogP contribution in [-0.2, 0) is 9.59 Å². The molecule has 2 atom stereocenters. The van der Waals surface area contributed by atoms with Gasteiger partial charge >= 0.3 is 0 Å². The first-order valence-electron chi connectivity index (χ1n) is 8.14. The molecule has 1 saturated heterocycles. The van der Waals surface area contributed by atoms with E-state index in [1.807, 2.05) is 30.3 Å². The third-order valence-electron chi connectivity index (χ3n) is 5.77. The maximum absolute atomic E-state index is 12.9. The largest absolute Gasteiger partial charge is 0.274 e. The zero-order valence-corrected chi connectivity index (χ0v) is 12.8. The molecule has 2 aromatic rings. The Morgan fingerprint density at radius 3 is 1.50 bits per heavy atom. The zero-order chi connectivity index (χ0) is 16.4. The number of imide groups is 1. The molecule has 2 bridgehead atoms. The van der Waals surface area contributed by atoms with Gasteiger partial charge in [-0.2, -0.15) is 5.26 Å². The minimum atomic E-state index is -0.374. The number of hydrogen-bond donors (Lipinski definition) is 0. The second-order valence-corrected chi connectivity index (χ2v) is 6.69. The van der Waals surface area contributed by atoms with E-state index in [0.717, 1.165) is 27.2 Å². The van der Waals surface area contributed by atoms with Crippen LogP contribution in [0.4, 0.5) is 0 Å². The summed E-state index contributed by atoms with van der Waals surface area (Å²) in [4.78, 5) is 27.0. The number of carbonyl (C=O) groups is 2. The summed E-state index contributed by atoms with van der Waals surface area (Å²) in [6, 6.07) is 18.2. The average Bonchev–Trinajstić information content (AvgIpc) is 2.88. The highest BCUT2D eigenvalue weighted by molar-refractivity contribution is 6.07. The number of benzene rings is 2. The third kappa shape index (κ3) is 1.43. The predicted molar refractivity (Wildman–Crippen MR) is 85.9 cm³/mol. The second kappa shape index (κ2) is 4.55. The van der Waals surface area contributed by atoms with Crippen molar-refractivity contribution >= 4 is 11.8 Å². The summed E-state index contributed by atoms with van der Waals surface area (Å²) in [5.74, 6) is -1.31. The molecule has 1 heterocycles. The molecule has 116 valence electrons. The SMILES string of the molecule is N#CCN1C(=O)[C@@H]2C3c4ccccc4C(c4ccccc43)[C@H]2C1=O. The van der Waals surface area contributed by atoms with Gasteiger partial charge in [0.05, 0.1) is 17.9 Å². The maximum atomic E-state index is 12.9. The van der Waals surface area contributed by atoms with Crippen molar-refractivity contribution in [3.8, 4) is 6.07 Å². The summed E-state index contributed by atoms with van der Waals surface area (Å²) in [6.07, 6.45) is 0. The number of nitrogens with zero attached hydrogens (tertiary/aromatic N) is 2. The number of carbonyl (C=O) groups excluding carboxylic acids is 2. The highest BCUT2D eigenvalue weighted by atomic mass is 16.2. The first-order chi connectivity index (χ1) is 11.7. The fourth-order valence-corrected chi connectivity index (χ4v) is 4.97. The van der Waals surface area contributed by atoms with Crippen LogP contribution in [0, 0.1) is 23.2 Å². The van der Waals surface area contributed by atoms with E-state index in [4.69, 9.17) is 5.26 Å². The molecule has 1 aliphatic heterocycles. The number of amides is 2. The van der Waals surface area contributed by atoms with E-state index in [2.05, 4.69) is 24.3 Å². The summed E-state index contributed by atoms with van der Waals surface area (Å²) < 4.78 is 0. The molecule has 0 aromatic heterocycles. The summed E-state index contributed by atoms with van der Waals surface area (Å²) >= 11 is 0. The molecular weight excluding hydrogens is 300 g/mol. The summed E-state index contributed by atoms with van der Waals surface area (Å²) in [5.41, 5.74) is 4.62. The van der Waals surface area contributed by atoms with Gasteiger partial charge in [0, 0.05) is 11.8 Å². The van der Waals surface area contributed by atoms with Crippen LogP contribution < -0.4 is 0 Å². The van der Waals surface area contributed by atoms with Crippen molar-refractivity contribution in [1.82, 2.24) is 4.90 Å². The van der Waals surface area contributed by atoms with Crippen LogP contribution in [0.2, 0.25) is 0 Å². The number of hydrogen-bond acceptors (Lipinski definition) is 3. The molecule has 24 heavy (non-hydrogen) atoms. The number of rotatable bonds is 1. The third-order valence-corrected chi connectivity index (χ3v) is 5.77. The fourth-order valence-electron chi connectivity index (χ4n) is 4.97. The normalized spacial score (nSPS) is 29.0. The minimum absolute atomic E-state index is 0.0902. The van der Waals surface area contributed by atoms with E-state index in [1.165, 1.54) is 0 Å². The monoisotopic (exact) mass is 314 g/mol. The predicted octanol–water partition coefficient (Wildman–Crippen LogP) is 2.40. The molecule has 0 N–H and O–H groups in total. The Kier molecular flexibility index (Phi) is 2.56. The molecule has 0 spiro atoms. The average molecular weight is 314 g/mol. The first-order valence-corrected chi connectivity index (χ1v) is 8.14. The van der Waals surface area contributed by atoms with Crippen molar-refractivity contribution in [2.24, 2.45) is 11.8 Å². The molecule has 3 aliphatic carbocycles. The van der Waals surface area contributed by atoms with Gasteiger partial charge in [-0.05, 0) is 22.3 Å². The van der Waals surface area contributed by atoms with E-state index in [0.29, 0.717) is 0 Å². The lowest BCUT2D eigenvalue weighted by molar-refractivity contribution is -0.139. The lowest BCUT2D eigenvalue weighted by Gasteiger charge is -2.45. The van der Waals surface area contributed by atoms with Gasteiger partial charge in [0.25, 0.3) is 0 Å². The number of likely N-dealkylation sites (tertiary alicyclic amines) is 1. The van der Waals surface area contributed by atoms with Crippen LogP contribution in [0.25, 0.3) is 0 Å². The van der Waals surface area contributed by atoms with Crippen molar-refractivity contribution in [1.29, 1.82) is 5.26 Å². The van der Waals surface area contributed by atoms with Crippen LogP contribution >= 0.6 is 0 Å². The second-order valence-electron chi connectivity index (χ2n) is 6.69. The van der Waals surface area contributed by atoms with E-state index in [-0.39, 0.29) is 42.0 Å². The van der Waals surface area contributed by atoms with Crippen LogP contribution in [0.1, 0.15) is 34.1 Å². The van der Waals surface area contributed by atoms with Gasteiger partial charge in [-0.25, -0.2) is 0 Å². The molecule has 1 fully saturated rings. The quantitative estimate of drug-likeness (QED) is 0.600. The Labute approximate surface area is 139 Å². The fraction of sp³-hybridized carbons (Fsp3) is 0.250. The summed E-state index contributed by atoms with van der Waals surface area (Å²) in [5, 5.41) is 8.99. The van der Waals surface area contributed by atoms with Crippen LogP contribution in [0.15, 0.2) is 48.5 Å². The molecule has 4 nitrogen and oxygen atoms in total. The van der Waals surface area contributed by atoms with Gasteiger partial charge in [0.15, 0.2) is 0 Å². The Bertz CT molecular complexity index is 827. The van der Waals surface area contributed by atoms with E-state index < -0.39 is 0 Å². The van der Waals surface area contributed by atoms with E-state index in [1.54, 1.807) is 0 Å². The maximum Gasteiger partial charge on any atom is 0.235 e. The number of nitriles is 1. The van der Waals surface area contributed by atoms with Gasteiger partial charge in [-0.3, -0.25) is 14.5 Å². The molecule has 2 amide bonds. The molecule has 2 aromatic carbocycles. The van der Waals surface area contributed by atoms with Crippen molar-refractivity contribution in [3.63, 3.8) is 0 Å². The topological polar surface area (TPSA) is 61.2 Å². The Morgan fingerprint density at radius 1 is 0.792 bits per heavy atom. The smallest absolute Gasteiger partial charge is 0.235 e. The molecule has 4 aliphatic rings. The van der Waals surface area contributed by atoms with Crippen molar-refractivity contribution in [2.75, 3.05) is 6.54 Å². The lowest BCUT2D eigenvalue weighted by Crippen LogP contribution is -2.41. The van der Waals surface area contributed by atoms with Crippen molar-refractivity contribution in [2.45, 2.75) is 11.8 Å². The standard InChI is InChI=1S/C20H14N2O2/c21-9-10-22-19(23)17-15-11-5-1-2-6-12(11)16(18(17)20(22)24)14-8-4-3-7-13(14)15/h1-8,15-18H,10H2/t15?,16?,17-,18-/m1/s1. The van der Waals surface area contributed by atoms with Crippen LogP contribution in [0.5, 0.6) is 0 Å². The Balaban J connectivity index is 1.79. The highest BCUT2D eigenvalue weighted by Crippen LogP contribution is 2.60. The molecule has 0 saturated carbocycles. The molecule has 6 rings (SSSR count). The van der Waals surface area contributed by atoms with Gasteiger partial charge in [-0.1, -0.05) is 48.5 Å². The summed E-state index contributed by atoms with van der Waals surface area (Å²) in [6.45, 7) is -0.156. The highest BCUT2D eigenvalue weighted by Gasteiger charge is 2.61. The minimum Gasteiger partial charge on any atom is -0.274 e. The molecule has 0 radical (unpaired) electrons. The first kappa shape index (κ1) is 13.5. The van der Waals surface area contributed by atoms with Gasteiger partial charge in [-0.15, -0.1) is 0 Å². The van der Waals surface area contributed by atoms with E-state index in [9.17, 15) is 9.59 Å². The Hall–Kier alpha value is -2.93. The molecule has 4 heteroatoms. The Morgan fingerprint density at radius 2 is 1.17 bits per heavy atom. The van der Waals surface area contributed by atoms with Crippen molar-refractivity contribution in [3.05, 3.63) is 70.8 Å². The molecule has 0 unspecified atom stereocenters. The van der Waals surface area contributed by atoms with Gasteiger partial charge in [0.2, 0.25) is 11.8 Å². The summed E-state index contributed by atoms with van der Waals surface area (Å²) in [7, 11) is 0. The van der Waals surface area contributed by atoms with Crippen LogP contribution in [-0.4, -0.2) is 23.3 Å². The van der Waals surface area contributed by atoms with Crippen molar-refractivity contribution < 1.29 is 9.59 Å².